The number of rotatable bonds is 3. The van der Waals surface area contributed by atoms with E-state index in [2.05, 4.69) is 4.74 Å². The molecule has 0 saturated heterocycles. The Balaban J connectivity index is 2.78. The van der Waals surface area contributed by atoms with Crippen molar-refractivity contribution in [2.45, 2.75) is 6.36 Å². The molecule has 2 rings (SSSR count). The van der Waals surface area contributed by atoms with Crippen molar-refractivity contribution in [3.05, 3.63) is 53.1 Å². The first-order valence-electron chi connectivity index (χ1n) is 5.95. The summed E-state index contributed by atoms with van der Waals surface area (Å²) in [6.45, 7) is 0. The van der Waals surface area contributed by atoms with E-state index in [9.17, 15) is 35.5 Å². The predicted molar refractivity (Wildman–Crippen MR) is 68.6 cm³/mol. The van der Waals surface area contributed by atoms with Gasteiger partial charge in [-0.1, -0.05) is 18.2 Å². The number of alkyl halides is 3. The number of halogens is 8. The molecule has 128 valence electrons. The van der Waals surface area contributed by atoms with Crippen LogP contribution >= 0.6 is 11.6 Å². The number of benzene rings is 2. The first-order chi connectivity index (χ1) is 11.0. The summed E-state index contributed by atoms with van der Waals surface area (Å²) in [6.07, 6.45) is -5.22. The zero-order valence-corrected chi connectivity index (χ0v) is 11.9. The van der Waals surface area contributed by atoms with Gasteiger partial charge in [0.05, 0.1) is 5.56 Å². The molecule has 2 nitrogen and oxygen atoms in total. The van der Waals surface area contributed by atoms with E-state index in [1.54, 1.807) is 0 Å². The molecule has 0 radical (unpaired) electrons. The summed E-state index contributed by atoms with van der Waals surface area (Å²) < 4.78 is 96.2. The highest BCUT2D eigenvalue weighted by Gasteiger charge is 2.35. The number of hydrogen-bond donors (Lipinski definition) is 0. The second-order valence-electron chi connectivity index (χ2n) is 4.32. The van der Waals surface area contributed by atoms with Crippen LogP contribution in [0, 0.1) is 23.3 Å². The van der Waals surface area contributed by atoms with Gasteiger partial charge in [-0.25, -0.2) is 17.6 Å². The van der Waals surface area contributed by atoms with Crippen molar-refractivity contribution >= 4 is 16.8 Å². The maximum absolute atomic E-state index is 14.0. The van der Waals surface area contributed by atoms with Crippen molar-refractivity contribution in [3.63, 3.8) is 0 Å². The van der Waals surface area contributed by atoms with Crippen LogP contribution in [0.1, 0.15) is 10.4 Å². The molecular weight excluding hydrogens is 369 g/mol. The summed E-state index contributed by atoms with van der Waals surface area (Å²) in [7, 11) is 0. The van der Waals surface area contributed by atoms with Crippen molar-refractivity contribution in [1.82, 2.24) is 0 Å². The second kappa shape index (κ2) is 6.31. The fourth-order valence-corrected chi connectivity index (χ4v) is 2.09. The lowest BCUT2D eigenvalue weighted by molar-refractivity contribution is -0.274. The van der Waals surface area contributed by atoms with Gasteiger partial charge in [-0.15, -0.1) is 13.2 Å². The van der Waals surface area contributed by atoms with E-state index < -0.39 is 57.3 Å². The molecule has 0 spiro atoms. The lowest BCUT2D eigenvalue weighted by Crippen LogP contribution is -2.18. The number of hydrogen-bond acceptors (Lipinski definition) is 2. The third-order valence-corrected chi connectivity index (χ3v) is 3.03. The van der Waals surface area contributed by atoms with Gasteiger partial charge in [0, 0.05) is 5.56 Å². The summed E-state index contributed by atoms with van der Waals surface area (Å²) >= 11 is 4.85. The summed E-state index contributed by atoms with van der Waals surface area (Å²) in [5, 5.41) is -1.81. The molecule has 2 aromatic carbocycles. The van der Waals surface area contributed by atoms with Gasteiger partial charge in [0.15, 0.2) is 23.3 Å². The number of ether oxygens (including phenoxy) is 1. The number of carbonyl (C=O) groups excluding carboxylic acids is 1. The van der Waals surface area contributed by atoms with Gasteiger partial charge in [0.1, 0.15) is 11.3 Å². The quantitative estimate of drug-likeness (QED) is 0.421. The topological polar surface area (TPSA) is 26.3 Å². The maximum atomic E-state index is 14.0. The molecule has 0 atom stereocenters. The lowest BCUT2D eigenvalue weighted by atomic mass is 10.0. The molecule has 24 heavy (non-hydrogen) atoms. The van der Waals surface area contributed by atoms with Crippen LogP contribution in [-0.4, -0.2) is 11.6 Å². The standard InChI is InChI=1S/C14H4ClF7O2/c15-13(23)8-11(18)9(16)7(10(17)12(8)19)5-3-1-2-4-6(5)24-14(20,21)22/h1-4H. The van der Waals surface area contributed by atoms with Crippen LogP contribution in [0.2, 0.25) is 0 Å². The van der Waals surface area contributed by atoms with Gasteiger partial charge in [-0.3, -0.25) is 4.79 Å². The Morgan fingerprint density at radius 1 is 0.917 bits per heavy atom. The maximum Gasteiger partial charge on any atom is 0.573 e. The van der Waals surface area contributed by atoms with Gasteiger partial charge >= 0.3 is 6.36 Å². The van der Waals surface area contributed by atoms with Crippen molar-refractivity contribution in [2.24, 2.45) is 0 Å². The predicted octanol–water partition coefficient (Wildman–Crippen LogP) is 5.19. The molecule has 0 aromatic heterocycles. The normalized spacial score (nSPS) is 11.5. The zero-order chi connectivity index (χ0) is 18.2. The molecular formula is C14H4ClF7O2. The monoisotopic (exact) mass is 372 g/mol. The molecule has 0 unspecified atom stereocenters. The highest BCUT2D eigenvalue weighted by atomic mass is 35.5. The van der Waals surface area contributed by atoms with Gasteiger partial charge < -0.3 is 4.74 Å². The van der Waals surface area contributed by atoms with Gasteiger partial charge in [-0.05, 0) is 17.7 Å². The van der Waals surface area contributed by atoms with Crippen molar-refractivity contribution in [1.29, 1.82) is 0 Å². The van der Waals surface area contributed by atoms with Crippen molar-refractivity contribution < 1.29 is 40.3 Å². The smallest absolute Gasteiger partial charge is 0.405 e. The van der Waals surface area contributed by atoms with Crippen LogP contribution in [0.15, 0.2) is 24.3 Å². The molecule has 0 heterocycles. The van der Waals surface area contributed by atoms with E-state index in [0.717, 1.165) is 18.2 Å². The minimum atomic E-state index is -5.22. The highest BCUT2D eigenvalue weighted by molar-refractivity contribution is 6.67. The van der Waals surface area contributed by atoms with E-state index in [1.807, 2.05) is 0 Å². The minimum Gasteiger partial charge on any atom is -0.405 e. The van der Waals surface area contributed by atoms with Crippen LogP contribution in [0.4, 0.5) is 30.7 Å². The number of carbonyl (C=O) groups is 1. The fourth-order valence-electron chi connectivity index (χ4n) is 1.93. The van der Waals surface area contributed by atoms with Crippen LogP contribution in [0.3, 0.4) is 0 Å². The Kier molecular flexibility index (Phi) is 4.75. The van der Waals surface area contributed by atoms with Gasteiger partial charge in [0.25, 0.3) is 5.24 Å². The zero-order valence-electron chi connectivity index (χ0n) is 11.1. The van der Waals surface area contributed by atoms with E-state index >= 15 is 0 Å². The minimum absolute atomic E-state index is 0.693. The molecule has 0 amide bonds. The molecule has 0 aliphatic carbocycles. The van der Waals surface area contributed by atoms with Crippen molar-refractivity contribution in [3.8, 4) is 16.9 Å². The second-order valence-corrected chi connectivity index (χ2v) is 4.67. The van der Waals surface area contributed by atoms with E-state index in [1.165, 1.54) is 0 Å². The first-order valence-corrected chi connectivity index (χ1v) is 6.33. The first kappa shape index (κ1) is 18.1. The molecule has 0 aliphatic rings. The van der Waals surface area contributed by atoms with E-state index in [0.29, 0.717) is 6.07 Å². The highest BCUT2D eigenvalue weighted by Crippen LogP contribution is 2.39. The van der Waals surface area contributed by atoms with Crippen LogP contribution < -0.4 is 4.74 Å². The summed E-state index contributed by atoms with van der Waals surface area (Å²) in [5.74, 6) is -9.53. The SMILES string of the molecule is O=C(Cl)c1c(F)c(F)c(-c2ccccc2OC(F)(F)F)c(F)c1F. The Morgan fingerprint density at radius 2 is 1.42 bits per heavy atom. The Morgan fingerprint density at radius 3 is 1.88 bits per heavy atom. The molecule has 0 saturated carbocycles. The third kappa shape index (κ3) is 3.30. The largest absolute Gasteiger partial charge is 0.573 e. The summed E-state index contributed by atoms with van der Waals surface area (Å²) in [5.41, 5.74) is -4.06. The Labute approximate surface area is 134 Å². The van der Waals surface area contributed by atoms with Crippen molar-refractivity contribution in [2.75, 3.05) is 0 Å². The van der Waals surface area contributed by atoms with Gasteiger partial charge in [0.2, 0.25) is 0 Å². The van der Waals surface area contributed by atoms with Gasteiger partial charge in [-0.2, -0.15) is 0 Å². The lowest BCUT2D eigenvalue weighted by Gasteiger charge is -2.15. The average molecular weight is 373 g/mol. The van der Waals surface area contributed by atoms with E-state index in [-0.39, 0.29) is 0 Å². The van der Waals surface area contributed by atoms with E-state index in [4.69, 9.17) is 11.6 Å². The molecule has 0 aliphatic heterocycles. The van der Waals surface area contributed by atoms with Crippen LogP contribution in [0.5, 0.6) is 5.75 Å². The van der Waals surface area contributed by atoms with Crippen LogP contribution in [0.25, 0.3) is 11.1 Å². The average Bonchev–Trinajstić information content (AvgIpc) is 2.45. The number of para-hydroxylation sites is 1. The third-order valence-electron chi connectivity index (χ3n) is 2.84. The Hall–Kier alpha value is -2.29. The van der Waals surface area contributed by atoms with Crippen LogP contribution in [-0.2, 0) is 0 Å². The Bertz CT molecular complexity index is 788. The summed E-state index contributed by atoms with van der Waals surface area (Å²) in [6, 6.07) is 3.55. The summed E-state index contributed by atoms with van der Waals surface area (Å²) in [4.78, 5) is 10.9. The molecule has 0 fully saturated rings. The molecule has 2 aromatic rings. The molecule has 0 bridgehead atoms. The molecule has 10 heteroatoms. The fraction of sp³-hybridized carbons (Fsp3) is 0.0714. The molecule has 0 N–H and O–H groups in total.